The maximum atomic E-state index is 11.8. The number of carbonyl (C=O) groups is 2. The number of nitrogens with zero attached hydrogens (tertiary/aromatic N) is 1. The predicted octanol–water partition coefficient (Wildman–Crippen LogP) is 1.70. The molecule has 1 atom stereocenters. The third kappa shape index (κ3) is 5.37. The Bertz CT molecular complexity index is 446. The lowest BCUT2D eigenvalue weighted by Crippen LogP contribution is -2.49. The van der Waals surface area contributed by atoms with E-state index >= 15 is 0 Å². The molecule has 0 aliphatic carbocycles. The minimum Gasteiger partial charge on any atom is -0.481 e. The second kappa shape index (κ2) is 6.17. The number of aliphatic carboxylic acids is 1. The second-order valence-corrected chi connectivity index (χ2v) is 5.06. The number of hydrogen-bond donors (Lipinski definition) is 3. The van der Waals surface area contributed by atoms with Crippen LogP contribution in [0.1, 0.15) is 38.8 Å². The van der Waals surface area contributed by atoms with Gasteiger partial charge < -0.3 is 15.7 Å². The van der Waals surface area contributed by atoms with Gasteiger partial charge in [-0.15, -0.1) is 0 Å². The summed E-state index contributed by atoms with van der Waals surface area (Å²) in [5.41, 5.74) is 0.134. The van der Waals surface area contributed by atoms with Gasteiger partial charge in [-0.25, -0.2) is 4.79 Å². The van der Waals surface area contributed by atoms with E-state index in [0.717, 1.165) is 5.56 Å². The van der Waals surface area contributed by atoms with Crippen LogP contribution in [0.15, 0.2) is 24.5 Å². The molecule has 1 aromatic heterocycles. The quantitative estimate of drug-likeness (QED) is 0.755. The van der Waals surface area contributed by atoms with Crippen molar-refractivity contribution in [3.63, 3.8) is 0 Å². The second-order valence-electron chi connectivity index (χ2n) is 5.06. The Kier molecular flexibility index (Phi) is 4.86. The maximum Gasteiger partial charge on any atom is 0.315 e. The van der Waals surface area contributed by atoms with Crippen LogP contribution in [0, 0.1) is 0 Å². The summed E-state index contributed by atoms with van der Waals surface area (Å²) in [5, 5.41) is 14.1. The van der Waals surface area contributed by atoms with Gasteiger partial charge in [-0.1, -0.05) is 0 Å². The molecule has 0 saturated carbocycles. The van der Waals surface area contributed by atoms with E-state index in [1.807, 2.05) is 19.1 Å². The van der Waals surface area contributed by atoms with Gasteiger partial charge in [0.2, 0.25) is 0 Å². The van der Waals surface area contributed by atoms with Crippen LogP contribution in [-0.4, -0.2) is 27.6 Å². The van der Waals surface area contributed by atoms with Crippen LogP contribution >= 0.6 is 0 Å². The highest BCUT2D eigenvalue weighted by molar-refractivity contribution is 5.76. The summed E-state index contributed by atoms with van der Waals surface area (Å²) in [6, 6.07) is 3.06. The fourth-order valence-corrected chi connectivity index (χ4v) is 1.70. The van der Waals surface area contributed by atoms with Crippen LogP contribution in [-0.2, 0) is 4.79 Å². The molecule has 0 spiro atoms. The number of hydrogen-bond acceptors (Lipinski definition) is 3. The first-order chi connectivity index (χ1) is 8.80. The standard InChI is InChI=1S/C13H19N3O3/c1-9(10-4-6-14-7-5-10)15-12(19)16-13(2,3)8-11(17)18/h4-7,9H,8H2,1-3H3,(H,17,18)(H2,15,16,19). The Morgan fingerprint density at radius 2 is 1.95 bits per heavy atom. The number of aromatic nitrogens is 1. The van der Waals surface area contributed by atoms with Crippen molar-refractivity contribution in [2.75, 3.05) is 0 Å². The minimum absolute atomic E-state index is 0.135. The lowest BCUT2D eigenvalue weighted by molar-refractivity contribution is -0.138. The number of pyridine rings is 1. The van der Waals surface area contributed by atoms with Crippen LogP contribution in [0.25, 0.3) is 0 Å². The highest BCUT2D eigenvalue weighted by Gasteiger charge is 2.24. The summed E-state index contributed by atoms with van der Waals surface area (Å²) < 4.78 is 0. The Hall–Kier alpha value is -2.11. The fraction of sp³-hybridized carbons (Fsp3) is 0.462. The predicted molar refractivity (Wildman–Crippen MR) is 70.7 cm³/mol. The minimum atomic E-state index is -0.951. The van der Waals surface area contributed by atoms with Gasteiger partial charge in [-0.05, 0) is 38.5 Å². The summed E-state index contributed by atoms with van der Waals surface area (Å²) in [7, 11) is 0. The highest BCUT2D eigenvalue weighted by atomic mass is 16.4. The smallest absolute Gasteiger partial charge is 0.315 e. The van der Waals surface area contributed by atoms with Gasteiger partial charge in [0.1, 0.15) is 0 Å². The zero-order chi connectivity index (χ0) is 14.5. The molecule has 104 valence electrons. The summed E-state index contributed by atoms with van der Waals surface area (Å²) in [4.78, 5) is 26.4. The van der Waals surface area contributed by atoms with Crippen molar-refractivity contribution in [1.82, 2.24) is 15.6 Å². The fourth-order valence-electron chi connectivity index (χ4n) is 1.70. The van der Waals surface area contributed by atoms with Gasteiger partial charge in [0.25, 0.3) is 0 Å². The van der Waals surface area contributed by atoms with Crippen LogP contribution in [0.5, 0.6) is 0 Å². The average Bonchev–Trinajstić information content (AvgIpc) is 2.27. The zero-order valence-electron chi connectivity index (χ0n) is 11.3. The van der Waals surface area contributed by atoms with Crippen molar-refractivity contribution in [2.45, 2.75) is 38.8 Å². The molecule has 3 N–H and O–H groups in total. The van der Waals surface area contributed by atoms with E-state index in [-0.39, 0.29) is 12.5 Å². The number of amides is 2. The number of urea groups is 1. The summed E-state index contributed by atoms with van der Waals surface area (Å²) in [6.07, 6.45) is 3.17. The monoisotopic (exact) mass is 265 g/mol. The molecule has 0 aliphatic rings. The SMILES string of the molecule is CC(NC(=O)NC(C)(C)CC(=O)O)c1ccncc1. The van der Waals surface area contributed by atoms with Crippen LogP contribution in [0.4, 0.5) is 4.79 Å². The molecule has 0 bridgehead atoms. The lowest BCUT2D eigenvalue weighted by atomic mass is 10.0. The first kappa shape index (κ1) is 14.9. The topological polar surface area (TPSA) is 91.3 Å². The van der Waals surface area contributed by atoms with Crippen molar-refractivity contribution >= 4 is 12.0 Å². The number of rotatable bonds is 5. The number of carboxylic acid groups (broad SMARTS) is 1. The van der Waals surface area contributed by atoms with Crippen LogP contribution in [0.2, 0.25) is 0 Å². The third-order valence-corrected chi connectivity index (χ3v) is 2.60. The summed E-state index contributed by atoms with van der Waals surface area (Å²) in [6.45, 7) is 5.18. The number of carbonyl (C=O) groups excluding carboxylic acids is 1. The van der Waals surface area contributed by atoms with Gasteiger partial charge in [-0.2, -0.15) is 0 Å². The molecule has 2 amide bonds. The maximum absolute atomic E-state index is 11.8. The highest BCUT2D eigenvalue weighted by Crippen LogP contribution is 2.11. The third-order valence-electron chi connectivity index (χ3n) is 2.60. The molecule has 6 nitrogen and oxygen atoms in total. The van der Waals surface area contributed by atoms with Crippen molar-refractivity contribution in [3.8, 4) is 0 Å². The Balaban J connectivity index is 2.54. The largest absolute Gasteiger partial charge is 0.481 e. The molecule has 0 fully saturated rings. The van der Waals surface area contributed by atoms with E-state index in [1.54, 1.807) is 26.2 Å². The van der Waals surface area contributed by atoms with E-state index < -0.39 is 17.5 Å². The normalized spacial score (nSPS) is 12.6. The van der Waals surface area contributed by atoms with Crippen molar-refractivity contribution in [2.24, 2.45) is 0 Å². The van der Waals surface area contributed by atoms with Crippen molar-refractivity contribution < 1.29 is 14.7 Å². The first-order valence-electron chi connectivity index (χ1n) is 6.00. The molecule has 1 unspecified atom stereocenters. The molecular formula is C13H19N3O3. The van der Waals surface area contributed by atoms with Gasteiger partial charge in [-0.3, -0.25) is 9.78 Å². The summed E-state index contributed by atoms with van der Waals surface area (Å²) in [5.74, 6) is -0.951. The van der Waals surface area contributed by atoms with Gasteiger partial charge in [0, 0.05) is 17.9 Å². The Morgan fingerprint density at radius 3 is 2.47 bits per heavy atom. The van der Waals surface area contributed by atoms with Gasteiger partial charge in [0.15, 0.2) is 0 Å². The zero-order valence-corrected chi connectivity index (χ0v) is 11.3. The molecule has 0 radical (unpaired) electrons. The average molecular weight is 265 g/mol. The van der Waals surface area contributed by atoms with E-state index in [4.69, 9.17) is 5.11 Å². The van der Waals surface area contributed by atoms with E-state index in [9.17, 15) is 9.59 Å². The molecule has 1 rings (SSSR count). The molecule has 1 heterocycles. The first-order valence-corrected chi connectivity index (χ1v) is 6.00. The molecular weight excluding hydrogens is 246 g/mol. The van der Waals surface area contributed by atoms with Crippen LogP contribution < -0.4 is 10.6 Å². The van der Waals surface area contributed by atoms with E-state index in [1.165, 1.54) is 0 Å². The lowest BCUT2D eigenvalue weighted by Gasteiger charge is -2.25. The number of nitrogens with one attached hydrogen (secondary N) is 2. The van der Waals surface area contributed by atoms with Crippen molar-refractivity contribution in [3.05, 3.63) is 30.1 Å². The van der Waals surface area contributed by atoms with E-state index in [2.05, 4.69) is 15.6 Å². The molecule has 19 heavy (non-hydrogen) atoms. The Labute approximate surface area is 112 Å². The Morgan fingerprint density at radius 1 is 1.37 bits per heavy atom. The van der Waals surface area contributed by atoms with Gasteiger partial charge in [0.05, 0.1) is 12.5 Å². The number of carboxylic acids is 1. The van der Waals surface area contributed by atoms with Crippen molar-refractivity contribution in [1.29, 1.82) is 0 Å². The molecule has 1 aromatic rings. The van der Waals surface area contributed by atoms with E-state index in [0.29, 0.717) is 0 Å². The molecule has 6 heteroatoms. The molecule has 0 saturated heterocycles. The van der Waals surface area contributed by atoms with Gasteiger partial charge >= 0.3 is 12.0 Å². The molecule has 0 aromatic carbocycles. The molecule has 0 aliphatic heterocycles. The van der Waals surface area contributed by atoms with Crippen LogP contribution in [0.3, 0.4) is 0 Å². The summed E-state index contributed by atoms with van der Waals surface area (Å²) >= 11 is 0.